The molecule has 4 rings (SSSR count). The summed E-state index contributed by atoms with van der Waals surface area (Å²) in [5, 5.41) is 11.7. The summed E-state index contributed by atoms with van der Waals surface area (Å²) in [7, 11) is 0. The largest absolute Gasteiger partial charge is 0.484 e. The average molecular weight is 390 g/mol. The maximum absolute atomic E-state index is 12.4. The Labute approximate surface area is 169 Å². The van der Waals surface area contributed by atoms with Crippen LogP contribution in [-0.4, -0.2) is 58.8 Å². The number of carbonyl (C=O) groups excluding carboxylic acids is 1. The van der Waals surface area contributed by atoms with E-state index in [1.165, 1.54) is 0 Å². The minimum atomic E-state index is -0.00407. The van der Waals surface area contributed by atoms with Gasteiger partial charge in [-0.2, -0.15) is 0 Å². The predicted molar refractivity (Wildman–Crippen MR) is 110 cm³/mol. The van der Waals surface area contributed by atoms with Crippen molar-refractivity contribution in [2.24, 2.45) is 0 Å². The van der Waals surface area contributed by atoms with E-state index in [4.69, 9.17) is 4.74 Å². The van der Waals surface area contributed by atoms with Crippen LogP contribution in [0.1, 0.15) is 0 Å². The molecule has 1 fully saturated rings. The van der Waals surface area contributed by atoms with Gasteiger partial charge in [0.1, 0.15) is 5.75 Å². The molecule has 148 valence electrons. The van der Waals surface area contributed by atoms with Gasteiger partial charge in [-0.3, -0.25) is 9.78 Å². The van der Waals surface area contributed by atoms with Crippen LogP contribution in [0.25, 0.3) is 0 Å². The minimum Gasteiger partial charge on any atom is -0.484 e. The molecule has 0 bridgehead atoms. The van der Waals surface area contributed by atoms with Crippen LogP contribution in [-0.2, 0) is 4.79 Å². The van der Waals surface area contributed by atoms with Crippen molar-refractivity contribution in [1.82, 2.24) is 20.1 Å². The van der Waals surface area contributed by atoms with Gasteiger partial charge in [-0.15, -0.1) is 10.2 Å². The summed E-state index contributed by atoms with van der Waals surface area (Å²) in [6.45, 7) is 2.74. The molecule has 0 spiro atoms. The molecule has 29 heavy (non-hydrogen) atoms. The van der Waals surface area contributed by atoms with Crippen LogP contribution >= 0.6 is 0 Å². The number of para-hydroxylation sites is 1. The van der Waals surface area contributed by atoms with E-state index < -0.39 is 0 Å². The number of carbonyl (C=O) groups is 1. The Bertz CT molecular complexity index is 913. The Morgan fingerprint density at radius 1 is 0.966 bits per heavy atom. The highest BCUT2D eigenvalue weighted by molar-refractivity contribution is 5.78. The highest BCUT2D eigenvalue weighted by Crippen LogP contribution is 2.17. The SMILES string of the molecule is O=C(COc1ccccc1)N1CCN(c2ccc(Nc3cccnc3)nn2)CC1. The molecular formula is C21H22N6O2. The third kappa shape index (κ3) is 4.98. The second kappa shape index (κ2) is 9.01. The fourth-order valence-corrected chi connectivity index (χ4v) is 3.08. The first kappa shape index (κ1) is 18.7. The summed E-state index contributed by atoms with van der Waals surface area (Å²) < 4.78 is 5.56. The molecule has 8 heteroatoms. The zero-order valence-electron chi connectivity index (χ0n) is 15.9. The molecule has 0 aliphatic carbocycles. The number of nitrogens with one attached hydrogen (secondary N) is 1. The molecule has 2 aromatic heterocycles. The predicted octanol–water partition coefficient (Wildman–Crippen LogP) is 2.34. The first-order chi connectivity index (χ1) is 14.3. The molecule has 1 N–H and O–H groups in total. The van der Waals surface area contributed by atoms with Gasteiger partial charge in [-0.1, -0.05) is 18.2 Å². The first-order valence-electron chi connectivity index (χ1n) is 9.49. The van der Waals surface area contributed by atoms with E-state index in [1.807, 2.05) is 59.5 Å². The average Bonchev–Trinajstić information content (AvgIpc) is 2.79. The summed E-state index contributed by atoms with van der Waals surface area (Å²) >= 11 is 0. The van der Waals surface area contributed by atoms with Crippen molar-refractivity contribution < 1.29 is 9.53 Å². The molecule has 0 radical (unpaired) electrons. The number of hydrogen-bond acceptors (Lipinski definition) is 7. The maximum Gasteiger partial charge on any atom is 0.260 e. The number of aromatic nitrogens is 3. The van der Waals surface area contributed by atoms with Gasteiger partial charge in [0.25, 0.3) is 5.91 Å². The van der Waals surface area contributed by atoms with Gasteiger partial charge < -0.3 is 19.9 Å². The Balaban J connectivity index is 1.26. The zero-order chi connectivity index (χ0) is 19.9. The molecule has 0 saturated carbocycles. The van der Waals surface area contributed by atoms with E-state index >= 15 is 0 Å². The summed E-state index contributed by atoms with van der Waals surface area (Å²) in [4.78, 5) is 20.4. The summed E-state index contributed by atoms with van der Waals surface area (Å²) in [6, 6.07) is 17.0. The normalized spacial score (nSPS) is 13.8. The third-order valence-electron chi connectivity index (χ3n) is 4.65. The van der Waals surface area contributed by atoms with Gasteiger partial charge in [-0.05, 0) is 36.4 Å². The monoisotopic (exact) mass is 390 g/mol. The summed E-state index contributed by atoms with van der Waals surface area (Å²) in [6.07, 6.45) is 3.45. The van der Waals surface area contributed by atoms with Crippen molar-refractivity contribution in [2.45, 2.75) is 0 Å². The lowest BCUT2D eigenvalue weighted by atomic mass is 10.3. The molecule has 1 amide bonds. The second-order valence-corrected chi connectivity index (χ2v) is 6.61. The molecule has 1 saturated heterocycles. The highest BCUT2D eigenvalue weighted by Gasteiger charge is 2.22. The number of amides is 1. The van der Waals surface area contributed by atoms with Crippen LogP contribution in [0.5, 0.6) is 5.75 Å². The number of piperazine rings is 1. The standard InChI is InChI=1S/C21H22N6O2/c28-21(16-29-18-6-2-1-3-7-18)27-13-11-26(12-14-27)20-9-8-19(24-25-20)23-17-5-4-10-22-15-17/h1-10,15H,11-14,16H2,(H,23,24). The lowest BCUT2D eigenvalue weighted by Crippen LogP contribution is -2.50. The van der Waals surface area contributed by atoms with Crippen LogP contribution < -0.4 is 15.0 Å². The quantitative estimate of drug-likeness (QED) is 0.692. The topological polar surface area (TPSA) is 83.5 Å². The first-order valence-corrected chi connectivity index (χ1v) is 9.49. The van der Waals surface area contributed by atoms with Crippen LogP contribution in [0, 0.1) is 0 Å². The molecule has 0 atom stereocenters. The smallest absolute Gasteiger partial charge is 0.260 e. The van der Waals surface area contributed by atoms with Gasteiger partial charge >= 0.3 is 0 Å². The fraction of sp³-hybridized carbons (Fsp3) is 0.238. The molecule has 1 aliphatic rings. The Hall–Kier alpha value is -3.68. The van der Waals surface area contributed by atoms with Crippen molar-refractivity contribution in [3.05, 3.63) is 67.0 Å². The van der Waals surface area contributed by atoms with E-state index in [0.29, 0.717) is 37.7 Å². The van der Waals surface area contributed by atoms with Gasteiger partial charge in [-0.25, -0.2) is 0 Å². The number of hydrogen-bond donors (Lipinski definition) is 1. The molecular weight excluding hydrogens is 368 g/mol. The van der Waals surface area contributed by atoms with Crippen molar-refractivity contribution in [3.8, 4) is 5.75 Å². The molecule has 3 heterocycles. The Morgan fingerprint density at radius 2 is 1.79 bits per heavy atom. The van der Waals surface area contributed by atoms with Crippen LogP contribution in [0.2, 0.25) is 0 Å². The Morgan fingerprint density at radius 3 is 2.48 bits per heavy atom. The van der Waals surface area contributed by atoms with Crippen molar-refractivity contribution >= 4 is 23.2 Å². The second-order valence-electron chi connectivity index (χ2n) is 6.61. The van der Waals surface area contributed by atoms with Gasteiger partial charge in [0, 0.05) is 32.4 Å². The lowest BCUT2D eigenvalue weighted by molar-refractivity contribution is -0.133. The number of anilines is 3. The molecule has 0 unspecified atom stereocenters. The highest BCUT2D eigenvalue weighted by atomic mass is 16.5. The molecule has 1 aromatic carbocycles. The molecule has 8 nitrogen and oxygen atoms in total. The number of pyridine rings is 1. The number of ether oxygens (including phenoxy) is 1. The summed E-state index contributed by atoms with van der Waals surface area (Å²) in [5.41, 5.74) is 0.861. The van der Waals surface area contributed by atoms with Crippen LogP contribution in [0.4, 0.5) is 17.3 Å². The number of benzene rings is 1. The molecule has 1 aliphatic heterocycles. The third-order valence-corrected chi connectivity index (χ3v) is 4.65. The van der Waals surface area contributed by atoms with Crippen LogP contribution in [0.15, 0.2) is 67.0 Å². The fourth-order valence-electron chi connectivity index (χ4n) is 3.08. The van der Waals surface area contributed by atoms with E-state index in [1.54, 1.807) is 12.4 Å². The van der Waals surface area contributed by atoms with E-state index in [-0.39, 0.29) is 12.5 Å². The Kier molecular flexibility index (Phi) is 5.80. The van der Waals surface area contributed by atoms with Gasteiger partial charge in [0.15, 0.2) is 18.2 Å². The van der Waals surface area contributed by atoms with E-state index in [2.05, 4.69) is 25.4 Å². The van der Waals surface area contributed by atoms with Gasteiger partial charge in [0.2, 0.25) is 0 Å². The van der Waals surface area contributed by atoms with Gasteiger partial charge in [0.05, 0.1) is 11.9 Å². The number of nitrogens with zero attached hydrogens (tertiary/aromatic N) is 5. The maximum atomic E-state index is 12.4. The van der Waals surface area contributed by atoms with Crippen LogP contribution in [0.3, 0.4) is 0 Å². The van der Waals surface area contributed by atoms with Crippen molar-refractivity contribution in [1.29, 1.82) is 0 Å². The van der Waals surface area contributed by atoms with E-state index in [9.17, 15) is 4.79 Å². The zero-order valence-corrected chi connectivity index (χ0v) is 15.9. The molecule has 3 aromatic rings. The minimum absolute atomic E-state index is 0.00407. The van der Waals surface area contributed by atoms with E-state index in [0.717, 1.165) is 11.5 Å². The van der Waals surface area contributed by atoms with Crippen molar-refractivity contribution in [2.75, 3.05) is 43.0 Å². The lowest BCUT2D eigenvalue weighted by Gasteiger charge is -2.35. The number of rotatable bonds is 6. The summed E-state index contributed by atoms with van der Waals surface area (Å²) in [5.74, 6) is 2.16. The van der Waals surface area contributed by atoms with Crippen molar-refractivity contribution in [3.63, 3.8) is 0 Å².